The largest absolute Gasteiger partial charge is 0.296 e. The molecule has 0 spiro atoms. The van der Waals surface area contributed by atoms with E-state index in [1.54, 1.807) is 0 Å². The molecule has 1 heterocycles. The summed E-state index contributed by atoms with van der Waals surface area (Å²) in [6, 6.07) is 0.750. The number of rotatable bonds is 3. The highest BCUT2D eigenvalue weighted by Crippen LogP contribution is 2.16. The first-order valence-electron chi connectivity index (χ1n) is 5.14. The van der Waals surface area contributed by atoms with Crippen molar-refractivity contribution in [2.24, 2.45) is 5.92 Å². The van der Waals surface area contributed by atoms with Crippen molar-refractivity contribution in [3.8, 4) is 0 Å². The molecular weight excluding hydrogens is 146 g/mol. The fourth-order valence-electron chi connectivity index (χ4n) is 1.73. The predicted octanol–water partition coefficient (Wildman–Crippen LogP) is 2.68. The average Bonchev–Trinajstić information content (AvgIpc) is 2.17. The molecule has 0 saturated carbocycles. The van der Waals surface area contributed by atoms with Gasteiger partial charge in [0.15, 0.2) is 0 Å². The van der Waals surface area contributed by atoms with Crippen molar-refractivity contribution in [1.29, 1.82) is 0 Å². The van der Waals surface area contributed by atoms with Crippen LogP contribution in [0.3, 0.4) is 0 Å². The molecule has 70 valence electrons. The van der Waals surface area contributed by atoms with Gasteiger partial charge in [-0.2, -0.15) is 0 Å². The summed E-state index contributed by atoms with van der Waals surface area (Å²) in [5, 5.41) is 0. The Hall–Kier alpha value is -0.300. The monoisotopic (exact) mass is 167 g/mol. The summed E-state index contributed by atoms with van der Waals surface area (Å²) >= 11 is 0. The quantitative estimate of drug-likeness (QED) is 0.584. The van der Waals surface area contributed by atoms with Gasteiger partial charge in [-0.15, -0.1) is 0 Å². The van der Waals surface area contributed by atoms with Crippen LogP contribution in [0.4, 0.5) is 0 Å². The summed E-state index contributed by atoms with van der Waals surface area (Å²) in [6.45, 7) is 9.39. The molecule has 2 unspecified atom stereocenters. The van der Waals surface area contributed by atoms with Crippen LogP contribution in [0.2, 0.25) is 0 Å². The van der Waals surface area contributed by atoms with Crippen LogP contribution in [0, 0.1) is 5.92 Å². The highest BCUT2D eigenvalue weighted by Gasteiger charge is 2.18. The fraction of sp³-hybridized carbons (Fsp3) is 0.818. The summed E-state index contributed by atoms with van der Waals surface area (Å²) in [5.41, 5.74) is 0. The lowest BCUT2D eigenvalue weighted by Gasteiger charge is -2.33. The molecule has 0 aliphatic carbocycles. The molecule has 1 heteroatoms. The molecule has 1 rings (SSSR count). The zero-order valence-corrected chi connectivity index (χ0v) is 8.59. The molecule has 12 heavy (non-hydrogen) atoms. The maximum Gasteiger partial charge on any atom is 0.0166 e. The van der Waals surface area contributed by atoms with E-state index in [0.29, 0.717) is 0 Å². The molecule has 1 nitrogen and oxygen atoms in total. The van der Waals surface area contributed by atoms with E-state index in [0.717, 1.165) is 18.5 Å². The Morgan fingerprint density at radius 1 is 1.33 bits per heavy atom. The molecule has 0 aromatic rings. The standard InChI is InChI=1S/C11H21N/c1-4-10(2)11(3)12-8-6-5-7-9-12/h5-6,10-11H,4,7-9H2,1-3H3. The molecule has 0 saturated heterocycles. The summed E-state index contributed by atoms with van der Waals surface area (Å²) < 4.78 is 0. The third-order valence-corrected chi connectivity index (χ3v) is 3.13. The summed E-state index contributed by atoms with van der Waals surface area (Å²) in [6.07, 6.45) is 7.12. The van der Waals surface area contributed by atoms with Crippen molar-refractivity contribution in [1.82, 2.24) is 4.90 Å². The highest BCUT2D eigenvalue weighted by molar-refractivity contribution is 4.92. The molecule has 0 fully saturated rings. The SMILES string of the molecule is CCC(C)C(C)N1CC=CCC1. The molecule has 0 N–H and O–H groups in total. The van der Waals surface area contributed by atoms with Gasteiger partial charge in [-0.1, -0.05) is 32.4 Å². The summed E-state index contributed by atoms with van der Waals surface area (Å²) in [7, 11) is 0. The second-order valence-electron chi connectivity index (χ2n) is 3.88. The lowest BCUT2D eigenvalue weighted by Crippen LogP contribution is -2.39. The predicted molar refractivity (Wildman–Crippen MR) is 54.2 cm³/mol. The Balaban J connectivity index is 2.40. The van der Waals surface area contributed by atoms with E-state index in [1.165, 1.54) is 19.4 Å². The molecule has 0 aromatic carbocycles. The van der Waals surface area contributed by atoms with Crippen molar-refractivity contribution in [2.75, 3.05) is 13.1 Å². The van der Waals surface area contributed by atoms with Crippen LogP contribution < -0.4 is 0 Å². The lowest BCUT2D eigenvalue weighted by atomic mass is 9.98. The topological polar surface area (TPSA) is 3.24 Å². The second kappa shape index (κ2) is 4.66. The van der Waals surface area contributed by atoms with E-state index in [2.05, 4.69) is 37.8 Å². The zero-order valence-electron chi connectivity index (χ0n) is 8.59. The maximum absolute atomic E-state index is 2.58. The molecule has 1 aliphatic heterocycles. The van der Waals surface area contributed by atoms with Gasteiger partial charge in [-0.25, -0.2) is 0 Å². The number of hydrogen-bond acceptors (Lipinski definition) is 1. The van der Waals surface area contributed by atoms with Crippen LogP contribution in [0.15, 0.2) is 12.2 Å². The minimum atomic E-state index is 0.750. The van der Waals surface area contributed by atoms with Gasteiger partial charge in [0, 0.05) is 19.1 Å². The van der Waals surface area contributed by atoms with Crippen molar-refractivity contribution in [3.05, 3.63) is 12.2 Å². The Morgan fingerprint density at radius 3 is 2.58 bits per heavy atom. The first kappa shape index (κ1) is 9.79. The van der Waals surface area contributed by atoms with E-state index in [1.807, 2.05) is 0 Å². The van der Waals surface area contributed by atoms with E-state index >= 15 is 0 Å². The Kier molecular flexibility index (Phi) is 3.80. The third-order valence-electron chi connectivity index (χ3n) is 3.13. The minimum Gasteiger partial charge on any atom is -0.296 e. The Bertz CT molecular complexity index is 151. The number of nitrogens with zero attached hydrogens (tertiary/aromatic N) is 1. The van der Waals surface area contributed by atoms with Gasteiger partial charge in [0.1, 0.15) is 0 Å². The Labute approximate surface area is 76.5 Å². The van der Waals surface area contributed by atoms with Crippen molar-refractivity contribution < 1.29 is 0 Å². The normalized spacial score (nSPS) is 23.9. The van der Waals surface area contributed by atoms with Crippen molar-refractivity contribution >= 4 is 0 Å². The third kappa shape index (κ3) is 2.34. The van der Waals surface area contributed by atoms with Gasteiger partial charge in [0.25, 0.3) is 0 Å². The first-order chi connectivity index (χ1) is 5.75. The van der Waals surface area contributed by atoms with Gasteiger partial charge in [0.05, 0.1) is 0 Å². The van der Waals surface area contributed by atoms with Crippen LogP contribution in [-0.2, 0) is 0 Å². The van der Waals surface area contributed by atoms with E-state index in [4.69, 9.17) is 0 Å². The van der Waals surface area contributed by atoms with E-state index in [9.17, 15) is 0 Å². The summed E-state index contributed by atoms with van der Waals surface area (Å²) in [5.74, 6) is 0.830. The Morgan fingerprint density at radius 2 is 2.08 bits per heavy atom. The first-order valence-corrected chi connectivity index (χ1v) is 5.14. The lowest BCUT2D eigenvalue weighted by molar-refractivity contribution is 0.173. The molecule has 0 bridgehead atoms. The van der Waals surface area contributed by atoms with Gasteiger partial charge in [-0.3, -0.25) is 4.90 Å². The average molecular weight is 167 g/mol. The van der Waals surface area contributed by atoms with E-state index in [-0.39, 0.29) is 0 Å². The molecule has 0 aromatic heterocycles. The molecule has 1 aliphatic rings. The van der Waals surface area contributed by atoms with E-state index < -0.39 is 0 Å². The van der Waals surface area contributed by atoms with Crippen LogP contribution in [0.25, 0.3) is 0 Å². The fourth-order valence-corrected chi connectivity index (χ4v) is 1.73. The molecule has 0 amide bonds. The van der Waals surface area contributed by atoms with Gasteiger partial charge < -0.3 is 0 Å². The highest BCUT2D eigenvalue weighted by atomic mass is 15.1. The van der Waals surface area contributed by atoms with Gasteiger partial charge in [-0.05, 0) is 19.3 Å². The molecular formula is C11H21N. The van der Waals surface area contributed by atoms with Crippen LogP contribution in [-0.4, -0.2) is 24.0 Å². The smallest absolute Gasteiger partial charge is 0.0166 e. The van der Waals surface area contributed by atoms with Gasteiger partial charge in [0.2, 0.25) is 0 Å². The second-order valence-corrected chi connectivity index (χ2v) is 3.88. The molecule has 2 atom stereocenters. The maximum atomic E-state index is 2.58. The minimum absolute atomic E-state index is 0.750. The zero-order chi connectivity index (χ0) is 8.97. The van der Waals surface area contributed by atoms with Crippen LogP contribution in [0.1, 0.15) is 33.6 Å². The molecule has 0 radical (unpaired) electrons. The van der Waals surface area contributed by atoms with Crippen molar-refractivity contribution in [3.63, 3.8) is 0 Å². The summed E-state index contributed by atoms with van der Waals surface area (Å²) in [4.78, 5) is 2.58. The van der Waals surface area contributed by atoms with Crippen LogP contribution in [0.5, 0.6) is 0 Å². The van der Waals surface area contributed by atoms with Crippen molar-refractivity contribution in [2.45, 2.75) is 39.7 Å². The van der Waals surface area contributed by atoms with Gasteiger partial charge >= 0.3 is 0 Å². The van der Waals surface area contributed by atoms with Crippen LogP contribution >= 0.6 is 0 Å². The number of hydrogen-bond donors (Lipinski definition) is 0.